The van der Waals surface area contributed by atoms with Crippen LogP contribution in [0.1, 0.15) is 5.56 Å². The van der Waals surface area contributed by atoms with Gasteiger partial charge in [-0.1, -0.05) is 23.2 Å². The number of halogens is 3. The highest BCUT2D eigenvalue weighted by Gasteiger charge is 2.20. The number of nitrogens with two attached hydrogens (primary N) is 1. The highest BCUT2D eigenvalue weighted by molar-refractivity contribution is 7.92. The lowest BCUT2D eigenvalue weighted by Gasteiger charge is -2.12. The Labute approximate surface area is 131 Å². The predicted octanol–water partition coefficient (Wildman–Crippen LogP) is 3.82. The van der Waals surface area contributed by atoms with E-state index < -0.39 is 15.8 Å². The smallest absolute Gasteiger partial charge is 0.262 e. The first-order chi connectivity index (χ1) is 9.69. The molecule has 21 heavy (non-hydrogen) atoms. The molecule has 0 saturated heterocycles. The maximum absolute atomic E-state index is 13.6. The fourth-order valence-electron chi connectivity index (χ4n) is 1.78. The van der Waals surface area contributed by atoms with Crippen LogP contribution in [0.15, 0.2) is 35.2 Å². The van der Waals surface area contributed by atoms with E-state index in [1.165, 1.54) is 31.2 Å². The minimum absolute atomic E-state index is 0.0163. The number of nitrogens with one attached hydrogen (secondary N) is 1. The molecule has 0 radical (unpaired) electrons. The van der Waals surface area contributed by atoms with Gasteiger partial charge in [0.05, 0.1) is 10.6 Å². The summed E-state index contributed by atoms with van der Waals surface area (Å²) in [5.74, 6) is -0.695. The third kappa shape index (κ3) is 3.58. The molecule has 0 fully saturated rings. The first kappa shape index (κ1) is 15.9. The van der Waals surface area contributed by atoms with Crippen molar-refractivity contribution >= 4 is 44.6 Å². The van der Waals surface area contributed by atoms with Crippen LogP contribution < -0.4 is 10.5 Å². The molecule has 0 unspecified atom stereocenters. The van der Waals surface area contributed by atoms with Gasteiger partial charge in [0, 0.05) is 21.3 Å². The average Bonchev–Trinajstić information content (AvgIpc) is 2.31. The predicted molar refractivity (Wildman–Crippen MR) is 82.8 cm³/mol. The monoisotopic (exact) mass is 348 g/mol. The summed E-state index contributed by atoms with van der Waals surface area (Å²) in [4.78, 5) is -0.240. The number of hydrogen-bond donors (Lipinski definition) is 2. The molecular weight excluding hydrogens is 338 g/mol. The zero-order valence-electron chi connectivity index (χ0n) is 10.8. The number of nitrogen functional groups attached to an aromatic ring is 1. The van der Waals surface area contributed by atoms with Gasteiger partial charge in [-0.3, -0.25) is 4.72 Å². The molecule has 0 saturated carbocycles. The van der Waals surface area contributed by atoms with Gasteiger partial charge in [0.1, 0.15) is 5.82 Å². The second kappa shape index (κ2) is 5.71. The number of rotatable bonds is 3. The van der Waals surface area contributed by atoms with Gasteiger partial charge >= 0.3 is 0 Å². The first-order valence-electron chi connectivity index (χ1n) is 5.73. The van der Waals surface area contributed by atoms with Crippen molar-refractivity contribution in [2.75, 3.05) is 10.5 Å². The van der Waals surface area contributed by atoms with Gasteiger partial charge in [-0.15, -0.1) is 0 Å². The molecule has 0 aliphatic rings. The van der Waals surface area contributed by atoms with Crippen molar-refractivity contribution in [2.45, 2.75) is 11.8 Å². The van der Waals surface area contributed by atoms with Crippen LogP contribution in [0.3, 0.4) is 0 Å². The fourth-order valence-corrected chi connectivity index (χ4v) is 3.63. The van der Waals surface area contributed by atoms with Crippen LogP contribution in [0.5, 0.6) is 0 Å². The number of anilines is 2. The third-order valence-electron chi connectivity index (χ3n) is 2.72. The summed E-state index contributed by atoms with van der Waals surface area (Å²) < 4.78 is 40.6. The average molecular weight is 349 g/mol. The van der Waals surface area contributed by atoms with E-state index in [-0.39, 0.29) is 31.9 Å². The minimum atomic E-state index is -4.01. The first-order valence-corrected chi connectivity index (χ1v) is 7.97. The van der Waals surface area contributed by atoms with Gasteiger partial charge < -0.3 is 5.73 Å². The van der Waals surface area contributed by atoms with E-state index >= 15 is 0 Å². The van der Waals surface area contributed by atoms with E-state index in [0.29, 0.717) is 0 Å². The molecule has 2 aromatic carbocycles. The molecule has 2 aromatic rings. The zero-order chi connectivity index (χ0) is 15.8. The molecule has 112 valence electrons. The lowest BCUT2D eigenvalue weighted by atomic mass is 10.2. The third-order valence-corrected chi connectivity index (χ3v) is 4.67. The number of hydrogen-bond acceptors (Lipinski definition) is 3. The summed E-state index contributed by atoms with van der Waals surface area (Å²) in [6.45, 7) is 1.36. The normalized spacial score (nSPS) is 11.4. The highest BCUT2D eigenvalue weighted by atomic mass is 35.5. The fraction of sp³-hybridized carbons (Fsp3) is 0.0769. The summed E-state index contributed by atoms with van der Waals surface area (Å²) >= 11 is 11.6. The molecule has 0 spiro atoms. The second-order valence-electron chi connectivity index (χ2n) is 4.39. The van der Waals surface area contributed by atoms with E-state index in [0.717, 1.165) is 6.07 Å². The van der Waals surface area contributed by atoms with Crippen LogP contribution in [-0.4, -0.2) is 8.42 Å². The van der Waals surface area contributed by atoms with Gasteiger partial charge in [-0.25, -0.2) is 12.8 Å². The van der Waals surface area contributed by atoms with Crippen molar-refractivity contribution in [3.05, 3.63) is 51.8 Å². The molecule has 0 aromatic heterocycles. The van der Waals surface area contributed by atoms with Crippen LogP contribution in [0, 0.1) is 12.7 Å². The van der Waals surface area contributed by atoms with Gasteiger partial charge in [0.15, 0.2) is 0 Å². The Morgan fingerprint density at radius 2 is 1.67 bits per heavy atom. The maximum atomic E-state index is 13.6. The Morgan fingerprint density at radius 1 is 1.10 bits per heavy atom. The molecule has 0 aliphatic carbocycles. The maximum Gasteiger partial charge on any atom is 0.262 e. The van der Waals surface area contributed by atoms with E-state index in [1.54, 1.807) is 0 Å². The quantitative estimate of drug-likeness (QED) is 0.828. The van der Waals surface area contributed by atoms with Crippen LogP contribution in [0.2, 0.25) is 10.0 Å². The van der Waals surface area contributed by atoms with Crippen molar-refractivity contribution in [3.63, 3.8) is 0 Å². The molecule has 0 bridgehead atoms. The summed E-state index contributed by atoms with van der Waals surface area (Å²) in [6.07, 6.45) is 0. The Bertz CT molecular complexity index is 790. The largest absolute Gasteiger partial charge is 0.399 e. The van der Waals surface area contributed by atoms with Crippen molar-refractivity contribution in [1.29, 1.82) is 0 Å². The molecule has 2 rings (SSSR count). The van der Waals surface area contributed by atoms with Gasteiger partial charge in [0.2, 0.25) is 0 Å². The van der Waals surface area contributed by atoms with Crippen LogP contribution in [0.25, 0.3) is 0 Å². The Kier molecular flexibility index (Phi) is 4.32. The van der Waals surface area contributed by atoms with E-state index in [9.17, 15) is 12.8 Å². The second-order valence-corrected chi connectivity index (χ2v) is 6.91. The number of benzene rings is 2. The molecular formula is C13H11Cl2FN2O2S. The SMILES string of the molecule is Cc1c(F)cc(N)cc1S(=O)(=O)Nc1cc(Cl)cc(Cl)c1. The zero-order valence-corrected chi connectivity index (χ0v) is 13.2. The minimum Gasteiger partial charge on any atom is -0.399 e. The van der Waals surface area contributed by atoms with Crippen molar-refractivity contribution in [2.24, 2.45) is 0 Å². The molecule has 0 heterocycles. The Hall–Kier alpha value is -1.50. The van der Waals surface area contributed by atoms with E-state index in [1.807, 2.05) is 0 Å². The van der Waals surface area contributed by atoms with Gasteiger partial charge in [0.25, 0.3) is 10.0 Å². The molecule has 3 N–H and O–H groups in total. The molecule has 0 aliphatic heterocycles. The van der Waals surface area contributed by atoms with E-state index in [4.69, 9.17) is 28.9 Å². The number of sulfonamides is 1. The topological polar surface area (TPSA) is 72.2 Å². The summed E-state index contributed by atoms with van der Waals surface area (Å²) in [5, 5.41) is 0.548. The van der Waals surface area contributed by atoms with Crippen molar-refractivity contribution < 1.29 is 12.8 Å². The molecule has 8 heteroatoms. The Balaban J connectivity index is 2.48. The molecule has 0 atom stereocenters. The Morgan fingerprint density at radius 3 is 2.24 bits per heavy atom. The highest BCUT2D eigenvalue weighted by Crippen LogP contribution is 2.27. The summed E-state index contributed by atoms with van der Waals surface area (Å²) in [5.41, 5.74) is 5.66. The summed E-state index contributed by atoms with van der Waals surface area (Å²) in [7, 11) is -4.01. The molecule has 0 amide bonds. The van der Waals surface area contributed by atoms with Crippen molar-refractivity contribution in [3.8, 4) is 0 Å². The van der Waals surface area contributed by atoms with Gasteiger partial charge in [-0.05, 0) is 37.3 Å². The van der Waals surface area contributed by atoms with Crippen molar-refractivity contribution in [1.82, 2.24) is 0 Å². The van der Waals surface area contributed by atoms with Crippen LogP contribution >= 0.6 is 23.2 Å². The van der Waals surface area contributed by atoms with E-state index in [2.05, 4.69) is 4.72 Å². The van der Waals surface area contributed by atoms with Crippen LogP contribution in [0.4, 0.5) is 15.8 Å². The summed E-state index contributed by atoms with van der Waals surface area (Å²) in [6, 6.07) is 6.50. The standard InChI is InChI=1S/C13H11Cl2FN2O2S/c1-7-12(16)5-10(17)6-13(7)21(19,20)18-11-3-8(14)2-9(15)4-11/h2-6,18H,17H2,1H3. The molecule has 4 nitrogen and oxygen atoms in total. The lowest BCUT2D eigenvalue weighted by Crippen LogP contribution is -2.15. The van der Waals surface area contributed by atoms with Crippen LogP contribution in [-0.2, 0) is 10.0 Å². The lowest BCUT2D eigenvalue weighted by molar-refractivity contribution is 0.591. The van der Waals surface area contributed by atoms with Gasteiger partial charge in [-0.2, -0.15) is 0 Å².